The van der Waals surface area contributed by atoms with Crippen LogP contribution in [0.25, 0.3) is 10.2 Å². The van der Waals surface area contributed by atoms with Crippen LogP contribution in [0.15, 0.2) is 36.4 Å². The molecule has 0 N–H and O–H groups in total. The second kappa shape index (κ2) is 10.7. The summed E-state index contributed by atoms with van der Waals surface area (Å²) in [6.07, 6.45) is 0. The fraction of sp³-hybridized carbons (Fsp3) is 0.364. The van der Waals surface area contributed by atoms with Gasteiger partial charge in [-0.25, -0.2) is 4.98 Å². The number of amides is 1. The zero-order chi connectivity index (χ0) is 22.4. The molecule has 1 amide bonds. The summed E-state index contributed by atoms with van der Waals surface area (Å²) in [7, 11) is 5.50. The van der Waals surface area contributed by atoms with E-state index in [1.165, 1.54) is 11.3 Å². The Bertz CT molecular complexity index is 1020. The van der Waals surface area contributed by atoms with Gasteiger partial charge in [-0.3, -0.25) is 9.69 Å². The number of fused-ring (bicyclic) bond motifs is 1. The van der Waals surface area contributed by atoms with E-state index in [-0.39, 0.29) is 12.5 Å². The largest absolute Gasteiger partial charge is 0.494 e. The molecule has 7 nitrogen and oxygen atoms in total. The molecule has 0 aliphatic rings. The molecule has 0 saturated carbocycles. The van der Waals surface area contributed by atoms with Crippen LogP contribution in [0.5, 0.6) is 17.2 Å². The molecule has 3 aromatic rings. The highest BCUT2D eigenvalue weighted by molar-refractivity contribution is 7.23. The van der Waals surface area contributed by atoms with E-state index in [9.17, 15) is 4.79 Å². The average Bonchev–Trinajstić information content (AvgIpc) is 3.20. The van der Waals surface area contributed by atoms with E-state index >= 15 is 0 Å². The molecule has 0 radical (unpaired) electrons. The Labute approximate surface area is 191 Å². The van der Waals surface area contributed by atoms with Gasteiger partial charge in [-0.15, -0.1) is 0 Å². The number of thiazole rings is 1. The number of rotatable bonds is 10. The van der Waals surface area contributed by atoms with Crippen LogP contribution in [0, 0.1) is 0 Å². The first-order chi connectivity index (χ1) is 14.9. The van der Waals surface area contributed by atoms with Crippen molar-refractivity contribution in [3.05, 3.63) is 41.4 Å². The molecular formula is C22H26ClN3O4S. The summed E-state index contributed by atoms with van der Waals surface area (Å²) in [6.45, 7) is 3.56. The highest BCUT2D eigenvalue weighted by Crippen LogP contribution is 2.38. The zero-order valence-electron chi connectivity index (χ0n) is 18.1. The van der Waals surface area contributed by atoms with Gasteiger partial charge in [0.1, 0.15) is 22.8 Å². The number of methoxy groups -OCH3 is 1. The summed E-state index contributed by atoms with van der Waals surface area (Å²) >= 11 is 7.72. The lowest BCUT2D eigenvalue weighted by molar-refractivity contribution is -0.120. The molecule has 31 heavy (non-hydrogen) atoms. The Balaban J connectivity index is 1.80. The maximum absolute atomic E-state index is 13.1. The topological polar surface area (TPSA) is 64.1 Å². The van der Waals surface area contributed by atoms with Gasteiger partial charge in [0.25, 0.3) is 5.91 Å². The van der Waals surface area contributed by atoms with Crippen LogP contribution < -0.4 is 19.1 Å². The summed E-state index contributed by atoms with van der Waals surface area (Å²) < 4.78 is 17.3. The minimum Gasteiger partial charge on any atom is -0.494 e. The first-order valence-corrected chi connectivity index (χ1v) is 11.1. The molecule has 1 aromatic heterocycles. The van der Waals surface area contributed by atoms with Crippen molar-refractivity contribution in [3.63, 3.8) is 0 Å². The molecule has 0 atom stereocenters. The van der Waals surface area contributed by atoms with Crippen LogP contribution in [0.1, 0.15) is 6.92 Å². The Morgan fingerprint density at radius 1 is 1.06 bits per heavy atom. The molecule has 0 saturated heterocycles. The maximum atomic E-state index is 13.1. The van der Waals surface area contributed by atoms with E-state index in [0.717, 1.165) is 10.4 Å². The molecule has 9 heteroatoms. The number of likely N-dealkylation sites (N-methyl/N-ethyl adjacent to an activating group) is 1. The van der Waals surface area contributed by atoms with E-state index in [1.807, 2.05) is 38.1 Å². The second-order valence-corrected chi connectivity index (χ2v) is 8.35. The third-order valence-electron chi connectivity index (χ3n) is 4.47. The number of anilines is 1. The monoisotopic (exact) mass is 463 g/mol. The third kappa shape index (κ3) is 5.78. The molecule has 0 aliphatic heterocycles. The first-order valence-electron chi connectivity index (χ1n) is 9.86. The number of ether oxygens (including phenoxy) is 3. The quantitative estimate of drug-likeness (QED) is 0.446. The Morgan fingerprint density at radius 3 is 2.35 bits per heavy atom. The van der Waals surface area contributed by atoms with Gasteiger partial charge in [0.2, 0.25) is 0 Å². The van der Waals surface area contributed by atoms with E-state index in [0.29, 0.717) is 46.9 Å². The van der Waals surface area contributed by atoms with Gasteiger partial charge in [0.15, 0.2) is 11.7 Å². The van der Waals surface area contributed by atoms with E-state index in [1.54, 1.807) is 36.3 Å². The number of benzene rings is 2. The summed E-state index contributed by atoms with van der Waals surface area (Å²) in [5.41, 5.74) is 0.644. The Hall–Kier alpha value is -2.55. The lowest BCUT2D eigenvalue weighted by atomic mass is 10.3. The summed E-state index contributed by atoms with van der Waals surface area (Å²) in [6, 6.07) is 10.7. The molecule has 2 aromatic carbocycles. The number of nitrogens with zero attached hydrogens (tertiary/aromatic N) is 3. The number of aromatic nitrogens is 1. The Kier molecular flexibility index (Phi) is 7.95. The van der Waals surface area contributed by atoms with Crippen LogP contribution in [-0.4, -0.2) is 63.3 Å². The lowest BCUT2D eigenvalue weighted by Crippen LogP contribution is -2.39. The summed E-state index contributed by atoms with van der Waals surface area (Å²) in [5, 5.41) is 1.13. The molecule has 1 heterocycles. The van der Waals surface area contributed by atoms with Gasteiger partial charge in [-0.05, 0) is 57.4 Å². The van der Waals surface area contributed by atoms with Crippen molar-refractivity contribution < 1.29 is 19.0 Å². The number of hydrogen-bond acceptors (Lipinski definition) is 7. The van der Waals surface area contributed by atoms with Crippen molar-refractivity contribution in [1.82, 2.24) is 9.88 Å². The van der Waals surface area contributed by atoms with Crippen molar-refractivity contribution in [3.8, 4) is 17.2 Å². The Morgan fingerprint density at radius 2 is 1.74 bits per heavy atom. The molecule has 0 bridgehead atoms. The number of hydrogen-bond donors (Lipinski definition) is 0. The smallest absolute Gasteiger partial charge is 0.266 e. The van der Waals surface area contributed by atoms with Gasteiger partial charge in [0.05, 0.1) is 23.4 Å². The van der Waals surface area contributed by atoms with Crippen LogP contribution >= 0.6 is 22.9 Å². The van der Waals surface area contributed by atoms with Gasteiger partial charge in [-0.2, -0.15) is 0 Å². The molecule has 3 rings (SSSR count). The van der Waals surface area contributed by atoms with Crippen LogP contribution in [0.3, 0.4) is 0 Å². The minimum absolute atomic E-state index is 0.109. The van der Waals surface area contributed by atoms with Crippen LogP contribution in [0.4, 0.5) is 5.13 Å². The van der Waals surface area contributed by atoms with Gasteiger partial charge in [0, 0.05) is 13.1 Å². The van der Waals surface area contributed by atoms with Crippen molar-refractivity contribution in [1.29, 1.82) is 0 Å². The highest BCUT2D eigenvalue weighted by Gasteiger charge is 2.22. The number of carbonyl (C=O) groups is 1. The highest BCUT2D eigenvalue weighted by atomic mass is 35.5. The number of halogens is 1. The second-order valence-electron chi connectivity index (χ2n) is 6.97. The van der Waals surface area contributed by atoms with Gasteiger partial charge < -0.3 is 19.1 Å². The van der Waals surface area contributed by atoms with Gasteiger partial charge in [-0.1, -0.05) is 22.9 Å². The predicted molar refractivity (Wildman–Crippen MR) is 125 cm³/mol. The molecular weight excluding hydrogens is 438 g/mol. The maximum Gasteiger partial charge on any atom is 0.266 e. The summed E-state index contributed by atoms with van der Waals surface area (Å²) in [4.78, 5) is 21.4. The van der Waals surface area contributed by atoms with Crippen LogP contribution in [0.2, 0.25) is 5.02 Å². The number of carbonyl (C=O) groups excluding carboxylic acids is 1. The zero-order valence-corrected chi connectivity index (χ0v) is 19.6. The standard InChI is InChI=1S/C22H26ClN3O4S/c1-5-29-15-6-8-16(9-7-15)30-14-19(27)26(13-12-25(2)3)22-24-20-18(28-4)11-10-17(23)21(20)31-22/h6-11H,5,12-14H2,1-4H3. The molecule has 0 fully saturated rings. The van der Waals surface area contributed by atoms with Crippen molar-refractivity contribution in [2.24, 2.45) is 0 Å². The van der Waals surface area contributed by atoms with Crippen molar-refractivity contribution in [2.75, 3.05) is 52.4 Å². The van der Waals surface area contributed by atoms with E-state index in [4.69, 9.17) is 25.8 Å². The molecule has 0 unspecified atom stereocenters. The average molecular weight is 464 g/mol. The van der Waals surface area contributed by atoms with Crippen molar-refractivity contribution in [2.45, 2.75) is 6.92 Å². The van der Waals surface area contributed by atoms with Crippen molar-refractivity contribution >= 4 is 44.2 Å². The first kappa shape index (κ1) is 23.1. The molecule has 166 valence electrons. The summed E-state index contributed by atoms with van der Waals surface area (Å²) in [5.74, 6) is 1.78. The SMILES string of the molecule is CCOc1ccc(OCC(=O)N(CCN(C)C)c2nc3c(OC)ccc(Cl)c3s2)cc1. The van der Waals surface area contributed by atoms with E-state index < -0.39 is 0 Å². The molecule has 0 aliphatic carbocycles. The lowest BCUT2D eigenvalue weighted by Gasteiger charge is -2.22. The molecule has 0 spiro atoms. The third-order valence-corrected chi connectivity index (χ3v) is 6.01. The van der Waals surface area contributed by atoms with Crippen LogP contribution in [-0.2, 0) is 4.79 Å². The normalized spacial score (nSPS) is 11.0. The predicted octanol–water partition coefficient (Wildman–Crippen LogP) is 4.33. The minimum atomic E-state index is -0.190. The van der Waals surface area contributed by atoms with E-state index in [2.05, 4.69) is 4.98 Å². The fourth-order valence-corrected chi connectivity index (χ4v) is 4.17. The van der Waals surface area contributed by atoms with Gasteiger partial charge >= 0.3 is 0 Å². The fourth-order valence-electron chi connectivity index (χ4n) is 2.87.